The van der Waals surface area contributed by atoms with E-state index in [1.54, 1.807) is 0 Å². The predicted molar refractivity (Wildman–Crippen MR) is 73.7 cm³/mol. The molecular weight excluding hydrogens is 196 g/mol. The molecule has 16 heavy (non-hydrogen) atoms. The highest BCUT2D eigenvalue weighted by Gasteiger charge is 2.21. The van der Waals surface area contributed by atoms with E-state index in [1.807, 2.05) is 0 Å². The van der Waals surface area contributed by atoms with Crippen LogP contribution in [0.5, 0.6) is 0 Å². The lowest BCUT2D eigenvalue weighted by Crippen LogP contribution is -2.43. The summed E-state index contributed by atoms with van der Waals surface area (Å²) in [6.07, 6.45) is 6.88. The van der Waals surface area contributed by atoms with E-state index in [-0.39, 0.29) is 5.54 Å². The predicted octanol–water partition coefficient (Wildman–Crippen LogP) is 3.45. The molecule has 0 saturated carbocycles. The molecule has 0 heterocycles. The van der Waals surface area contributed by atoms with Crippen LogP contribution in [0.2, 0.25) is 0 Å². The molecule has 0 aromatic carbocycles. The van der Waals surface area contributed by atoms with Gasteiger partial charge in [-0.25, -0.2) is 0 Å². The first kappa shape index (κ1) is 15.9. The van der Waals surface area contributed by atoms with Crippen LogP contribution >= 0.6 is 0 Å². The molecule has 0 aromatic rings. The minimum atomic E-state index is 0.0660. The van der Waals surface area contributed by atoms with Crippen LogP contribution in [0.15, 0.2) is 0 Å². The van der Waals surface area contributed by atoms with E-state index >= 15 is 0 Å². The van der Waals surface area contributed by atoms with Gasteiger partial charge in [-0.3, -0.25) is 0 Å². The van der Waals surface area contributed by atoms with E-state index in [9.17, 15) is 0 Å². The topological polar surface area (TPSA) is 38.0 Å². The molecule has 0 rings (SSSR count). The van der Waals surface area contributed by atoms with E-state index in [4.69, 9.17) is 5.73 Å². The summed E-state index contributed by atoms with van der Waals surface area (Å²) < 4.78 is 0. The van der Waals surface area contributed by atoms with Gasteiger partial charge >= 0.3 is 0 Å². The molecule has 98 valence electrons. The van der Waals surface area contributed by atoms with Gasteiger partial charge < -0.3 is 11.1 Å². The van der Waals surface area contributed by atoms with E-state index in [1.165, 1.54) is 19.3 Å². The van der Waals surface area contributed by atoms with Crippen molar-refractivity contribution in [1.82, 2.24) is 5.32 Å². The van der Waals surface area contributed by atoms with Gasteiger partial charge in [0.2, 0.25) is 0 Å². The Morgan fingerprint density at radius 2 is 1.44 bits per heavy atom. The molecule has 0 fully saturated rings. The standard InChI is InChI=1S/C14H32N2/c1-6-13(5,7-2)16-12-10-11-14(15,8-3)9-4/h16H,6-12,15H2,1-5H3. The van der Waals surface area contributed by atoms with Crippen molar-refractivity contribution in [3.8, 4) is 0 Å². The number of hydrogen-bond donors (Lipinski definition) is 2. The third-order valence-corrected chi connectivity index (χ3v) is 4.37. The van der Waals surface area contributed by atoms with Crippen LogP contribution in [0.4, 0.5) is 0 Å². The molecule has 0 aliphatic carbocycles. The Kier molecular flexibility index (Phi) is 7.25. The molecule has 0 bridgehead atoms. The summed E-state index contributed by atoms with van der Waals surface area (Å²) in [5, 5.41) is 3.66. The Hall–Kier alpha value is -0.0800. The fourth-order valence-corrected chi connectivity index (χ4v) is 1.93. The van der Waals surface area contributed by atoms with Gasteiger partial charge in [-0.05, 0) is 52.0 Å². The molecule has 0 aromatic heterocycles. The van der Waals surface area contributed by atoms with Gasteiger partial charge in [0, 0.05) is 11.1 Å². The molecule has 0 aliphatic heterocycles. The fourth-order valence-electron chi connectivity index (χ4n) is 1.93. The van der Waals surface area contributed by atoms with Crippen LogP contribution in [0.25, 0.3) is 0 Å². The third-order valence-electron chi connectivity index (χ3n) is 4.37. The minimum absolute atomic E-state index is 0.0660. The zero-order valence-corrected chi connectivity index (χ0v) is 12.0. The van der Waals surface area contributed by atoms with Crippen LogP contribution in [0, 0.1) is 0 Å². The fraction of sp³-hybridized carbons (Fsp3) is 1.00. The van der Waals surface area contributed by atoms with Gasteiger partial charge in [-0.2, -0.15) is 0 Å². The van der Waals surface area contributed by atoms with Crippen molar-refractivity contribution >= 4 is 0 Å². The molecule has 3 N–H and O–H groups in total. The molecule has 0 spiro atoms. The summed E-state index contributed by atoms with van der Waals surface area (Å²) in [5.41, 5.74) is 6.66. The van der Waals surface area contributed by atoms with Crippen molar-refractivity contribution in [3.63, 3.8) is 0 Å². The summed E-state index contributed by atoms with van der Waals surface area (Å²) >= 11 is 0. The minimum Gasteiger partial charge on any atom is -0.325 e. The largest absolute Gasteiger partial charge is 0.325 e. The molecule has 0 aliphatic rings. The summed E-state index contributed by atoms with van der Waals surface area (Å²) in [7, 11) is 0. The highest BCUT2D eigenvalue weighted by molar-refractivity contribution is 4.83. The zero-order chi connectivity index (χ0) is 12.7. The Morgan fingerprint density at radius 3 is 1.81 bits per heavy atom. The van der Waals surface area contributed by atoms with Crippen molar-refractivity contribution in [2.75, 3.05) is 6.54 Å². The average Bonchev–Trinajstić information content (AvgIpc) is 2.34. The maximum atomic E-state index is 6.28. The molecule has 0 amide bonds. The molecule has 0 saturated heterocycles. The first-order valence-electron chi connectivity index (χ1n) is 6.99. The van der Waals surface area contributed by atoms with E-state index in [2.05, 4.69) is 39.9 Å². The van der Waals surface area contributed by atoms with Crippen molar-refractivity contribution in [2.24, 2.45) is 5.73 Å². The summed E-state index contributed by atoms with van der Waals surface area (Å²) in [5.74, 6) is 0. The smallest absolute Gasteiger partial charge is 0.0149 e. The van der Waals surface area contributed by atoms with Crippen molar-refractivity contribution in [2.45, 2.75) is 84.2 Å². The van der Waals surface area contributed by atoms with Crippen LogP contribution in [-0.4, -0.2) is 17.6 Å². The number of rotatable bonds is 9. The van der Waals surface area contributed by atoms with Crippen LogP contribution < -0.4 is 11.1 Å². The second-order valence-electron chi connectivity index (χ2n) is 5.37. The average molecular weight is 228 g/mol. The van der Waals surface area contributed by atoms with Crippen molar-refractivity contribution in [1.29, 1.82) is 0 Å². The zero-order valence-electron chi connectivity index (χ0n) is 12.0. The van der Waals surface area contributed by atoms with Crippen LogP contribution in [0.1, 0.15) is 73.1 Å². The maximum absolute atomic E-state index is 6.28. The Labute approximate surface area is 102 Å². The molecule has 2 heteroatoms. The normalized spacial score (nSPS) is 13.1. The lowest BCUT2D eigenvalue weighted by atomic mass is 9.88. The SMILES string of the molecule is CCC(N)(CC)CCCNC(C)(CC)CC. The second-order valence-corrected chi connectivity index (χ2v) is 5.37. The van der Waals surface area contributed by atoms with Gasteiger partial charge in [0.15, 0.2) is 0 Å². The van der Waals surface area contributed by atoms with Crippen molar-refractivity contribution in [3.05, 3.63) is 0 Å². The lowest BCUT2D eigenvalue weighted by molar-refractivity contribution is 0.306. The maximum Gasteiger partial charge on any atom is 0.0149 e. The first-order valence-corrected chi connectivity index (χ1v) is 6.99. The molecule has 0 unspecified atom stereocenters. The molecular formula is C14H32N2. The van der Waals surface area contributed by atoms with E-state index in [0.717, 1.165) is 25.8 Å². The van der Waals surface area contributed by atoms with E-state index in [0.29, 0.717) is 5.54 Å². The highest BCUT2D eigenvalue weighted by atomic mass is 15.0. The number of nitrogens with one attached hydrogen (secondary N) is 1. The van der Waals surface area contributed by atoms with Gasteiger partial charge in [0.05, 0.1) is 0 Å². The van der Waals surface area contributed by atoms with Gasteiger partial charge in [0.25, 0.3) is 0 Å². The van der Waals surface area contributed by atoms with Gasteiger partial charge in [0.1, 0.15) is 0 Å². The highest BCUT2D eigenvalue weighted by Crippen LogP contribution is 2.18. The van der Waals surface area contributed by atoms with E-state index < -0.39 is 0 Å². The summed E-state index contributed by atoms with van der Waals surface area (Å²) in [6, 6.07) is 0. The van der Waals surface area contributed by atoms with Crippen LogP contribution in [0.3, 0.4) is 0 Å². The van der Waals surface area contributed by atoms with Crippen molar-refractivity contribution < 1.29 is 0 Å². The Balaban J connectivity index is 3.83. The monoisotopic (exact) mass is 228 g/mol. The quantitative estimate of drug-likeness (QED) is 0.593. The molecule has 0 atom stereocenters. The summed E-state index contributed by atoms with van der Waals surface area (Å²) in [4.78, 5) is 0. The Bertz CT molecular complexity index is 150. The summed E-state index contributed by atoms with van der Waals surface area (Å²) in [6.45, 7) is 12.3. The van der Waals surface area contributed by atoms with Gasteiger partial charge in [-0.1, -0.05) is 27.7 Å². The van der Waals surface area contributed by atoms with Crippen LogP contribution in [-0.2, 0) is 0 Å². The molecule has 0 radical (unpaired) electrons. The lowest BCUT2D eigenvalue weighted by Gasteiger charge is -2.30. The Morgan fingerprint density at radius 1 is 0.938 bits per heavy atom. The number of hydrogen-bond acceptors (Lipinski definition) is 2. The van der Waals surface area contributed by atoms with Gasteiger partial charge in [-0.15, -0.1) is 0 Å². The first-order chi connectivity index (χ1) is 7.45. The number of nitrogens with two attached hydrogens (primary N) is 1. The second kappa shape index (κ2) is 7.29. The third kappa shape index (κ3) is 5.31. The molecule has 2 nitrogen and oxygen atoms in total.